The number of β-lactam (4-membered cyclic amide) rings is 1. The summed E-state index contributed by atoms with van der Waals surface area (Å²) in [5.41, 5.74) is 11.5. The van der Waals surface area contributed by atoms with Gasteiger partial charge in [0.15, 0.2) is 5.60 Å². The second-order valence-electron chi connectivity index (χ2n) is 16.4. The van der Waals surface area contributed by atoms with Gasteiger partial charge in [-0.05, 0) is 56.0 Å². The molecule has 2 aromatic heterocycles. The van der Waals surface area contributed by atoms with Crippen LogP contribution in [-0.2, 0) is 35.1 Å². The summed E-state index contributed by atoms with van der Waals surface area (Å²) < 4.78 is 28.3. The Hall–Kier alpha value is -4.65. The van der Waals surface area contributed by atoms with E-state index in [-0.39, 0.29) is 101 Å². The molecule has 19 nitrogen and oxygen atoms in total. The number of pyridine rings is 1. The third-order valence-electron chi connectivity index (χ3n) is 11.8. The van der Waals surface area contributed by atoms with E-state index in [1.165, 1.54) is 41.4 Å². The summed E-state index contributed by atoms with van der Waals surface area (Å²) in [5, 5.41) is 18.6. The van der Waals surface area contributed by atoms with Gasteiger partial charge in [-0.3, -0.25) is 24.1 Å². The van der Waals surface area contributed by atoms with Gasteiger partial charge in [0.25, 0.3) is 11.8 Å². The SMILES string of the molecule is CCCN(CCCNC(=O)c1cn(C2CC2)c2c(Cl)c(N3CCCC[C@@H](N)C3)c(F)cc2c1=O)N([O-])NOC(=O)C1=C(COC(N)=O)CS[C@H]2N1C(=O)[C@]2(CC(=O)Cc1cccs1)OC. The molecule has 65 heavy (non-hydrogen) atoms. The molecule has 7 rings (SSSR count). The fraction of sp³-hybridized carbons (Fsp3) is 0.524. The Morgan fingerprint density at radius 2 is 1.94 bits per heavy atom. The number of nitrogens with zero attached hydrogens (tertiary/aromatic N) is 5. The number of carbonyl (C=O) groups is 5. The van der Waals surface area contributed by atoms with Gasteiger partial charge in [0.1, 0.15) is 34.8 Å². The fourth-order valence-corrected chi connectivity index (χ4v) is 11.1. The smallest absolute Gasteiger partial charge is 0.404 e. The van der Waals surface area contributed by atoms with E-state index in [4.69, 9.17) is 37.4 Å². The Balaban J connectivity index is 0.987. The average molecular weight is 962 g/mol. The second-order valence-corrected chi connectivity index (χ2v) is 18.9. The van der Waals surface area contributed by atoms with Gasteiger partial charge < -0.3 is 45.8 Å². The molecular formula is C42H52ClFN9O10S2-. The molecule has 0 unspecified atom stereocenters. The van der Waals surface area contributed by atoms with E-state index in [0.717, 1.165) is 47.9 Å². The quantitative estimate of drug-likeness (QED) is 0.0713. The maximum absolute atomic E-state index is 15.8. The average Bonchev–Trinajstić information content (AvgIpc) is 4.04. The topological polar surface area (TPSA) is 247 Å². The van der Waals surface area contributed by atoms with Gasteiger partial charge in [0, 0.05) is 87.2 Å². The maximum Gasteiger partial charge on any atom is 0.404 e. The monoisotopic (exact) mass is 960 g/mol. The lowest BCUT2D eigenvalue weighted by Crippen LogP contribution is -2.75. The van der Waals surface area contributed by atoms with Gasteiger partial charge in [-0.2, -0.15) is 0 Å². The Kier molecular flexibility index (Phi) is 15.5. The molecule has 1 aliphatic carbocycles. The van der Waals surface area contributed by atoms with Gasteiger partial charge in [0.05, 0.1) is 21.6 Å². The summed E-state index contributed by atoms with van der Waals surface area (Å²) >= 11 is 9.52. The number of nitrogens with one attached hydrogen (secondary N) is 2. The Morgan fingerprint density at radius 3 is 2.63 bits per heavy atom. The van der Waals surface area contributed by atoms with Crippen molar-refractivity contribution in [3.63, 3.8) is 0 Å². The number of primary amides is 1. The molecule has 0 radical (unpaired) electrons. The molecule has 0 bridgehead atoms. The van der Waals surface area contributed by atoms with Crippen molar-refractivity contribution in [1.29, 1.82) is 0 Å². The first kappa shape index (κ1) is 48.3. The zero-order valence-corrected chi connectivity index (χ0v) is 38.4. The number of nitrogens with two attached hydrogens (primary N) is 2. The summed E-state index contributed by atoms with van der Waals surface area (Å²) in [6, 6.07) is 4.61. The van der Waals surface area contributed by atoms with E-state index >= 15 is 4.39 Å². The van der Waals surface area contributed by atoms with Gasteiger partial charge >= 0.3 is 12.1 Å². The molecule has 5 heterocycles. The maximum atomic E-state index is 15.8. The predicted octanol–water partition coefficient (Wildman–Crippen LogP) is 3.87. The molecule has 0 spiro atoms. The molecule has 3 atom stereocenters. The lowest BCUT2D eigenvalue weighted by Gasteiger charge is -2.56. The molecular weight excluding hydrogens is 909 g/mol. The van der Waals surface area contributed by atoms with Crippen molar-refractivity contribution in [1.82, 2.24) is 30.7 Å². The van der Waals surface area contributed by atoms with Crippen LogP contribution in [0.3, 0.4) is 0 Å². The lowest BCUT2D eigenvalue weighted by molar-refractivity contribution is -0.194. The standard InChI is InChI=1S/C42H52ClFN9O10S2/c1-3-13-50(15-7-12-47-37(56)30-21-51(26-10-11-26)34-29(36(30)55)18-31(44)35(32(34)43)49-14-5-4-8-25(45)20-49)53(60)48-63-38(57)33-24(22-62-41(46)59)23-65-40-42(61-2,39(58)52(33)40)19-27(54)17-28-9-6-16-64-28/h6,9,16,18,21,25-26,40,48H,3-5,7-8,10-15,17,19-20,22-23,45H2,1-2H3,(H2,46,59)(H,47,56)/q-1/t25-,40-,42+/m1/s1. The number of thioether (sulfide) groups is 1. The van der Waals surface area contributed by atoms with Crippen molar-refractivity contribution in [2.45, 2.75) is 87.8 Å². The highest BCUT2D eigenvalue weighted by atomic mass is 35.5. The fourth-order valence-electron chi connectivity index (χ4n) is 8.50. The Labute approximate surface area is 386 Å². The highest BCUT2D eigenvalue weighted by molar-refractivity contribution is 8.00. The molecule has 3 fully saturated rings. The number of carbonyl (C=O) groups excluding carboxylic acids is 5. The molecule has 3 amide bonds. The van der Waals surface area contributed by atoms with Crippen molar-refractivity contribution in [2.24, 2.45) is 11.5 Å². The van der Waals surface area contributed by atoms with Crippen LogP contribution in [0.1, 0.15) is 79.6 Å². The first-order valence-corrected chi connectivity index (χ1v) is 23.7. The number of amides is 3. The van der Waals surface area contributed by atoms with Gasteiger partial charge in [-0.1, -0.05) is 36.6 Å². The molecule has 352 valence electrons. The van der Waals surface area contributed by atoms with E-state index in [0.29, 0.717) is 25.0 Å². The van der Waals surface area contributed by atoms with Crippen LogP contribution < -0.4 is 32.7 Å². The number of methoxy groups -OCH3 is 1. The number of ether oxygens (including phenoxy) is 2. The summed E-state index contributed by atoms with van der Waals surface area (Å²) in [6.07, 6.45) is 5.03. The van der Waals surface area contributed by atoms with Crippen LogP contribution in [0.25, 0.3) is 10.9 Å². The Bertz CT molecular complexity index is 2400. The van der Waals surface area contributed by atoms with Crippen LogP contribution in [-0.4, -0.2) is 119 Å². The zero-order valence-electron chi connectivity index (χ0n) is 36.0. The Morgan fingerprint density at radius 1 is 1.15 bits per heavy atom. The number of thiophene rings is 1. The highest BCUT2D eigenvalue weighted by Gasteiger charge is 2.66. The lowest BCUT2D eigenvalue weighted by atomic mass is 9.84. The second kappa shape index (κ2) is 20.9. The summed E-state index contributed by atoms with van der Waals surface area (Å²) in [7, 11) is 1.31. The molecule has 3 aliphatic heterocycles. The third-order valence-corrected chi connectivity index (χ3v) is 14.4. The van der Waals surface area contributed by atoms with Crippen molar-refractivity contribution >= 4 is 81.0 Å². The molecule has 1 saturated carbocycles. The van der Waals surface area contributed by atoms with Crippen LogP contribution in [0, 0.1) is 11.0 Å². The minimum Gasteiger partial charge on any atom is -0.755 e. The molecule has 4 aliphatic rings. The van der Waals surface area contributed by atoms with E-state index < -0.39 is 52.7 Å². The summed E-state index contributed by atoms with van der Waals surface area (Å²) in [5.74, 6) is -3.37. The zero-order chi connectivity index (χ0) is 46.6. The summed E-state index contributed by atoms with van der Waals surface area (Å²) in [4.78, 5) is 88.4. The molecule has 23 heteroatoms. The molecule has 3 aromatic rings. The number of hydrogen-bond donors (Lipinski definition) is 4. The number of aromatic nitrogens is 1. The number of halogens is 2. The van der Waals surface area contributed by atoms with Crippen molar-refractivity contribution in [2.75, 3.05) is 57.1 Å². The molecule has 2 saturated heterocycles. The van der Waals surface area contributed by atoms with E-state index in [2.05, 4.69) is 10.9 Å². The van der Waals surface area contributed by atoms with E-state index in [1.807, 2.05) is 29.3 Å². The summed E-state index contributed by atoms with van der Waals surface area (Å²) in [6.45, 7) is 2.62. The van der Waals surface area contributed by atoms with Crippen LogP contribution in [0.15, 0.2) is 45.8 Å². The number of ketones is 1. The number of hydrogen-bond acceptors (Lipinski definition) is 17. The van der Waals surface area contributed by atoms with Crippen molar-refractivity contribution < 1.29 is 42.7 Å². The first-order valence-electron chi connectivity index (χ1n) is 21.4. The van der Waals surface area contributed by atoms with Gasteiger partial charge in [0.2, 0.25) is 5.43 Å². The third kappa shape index (κ3) is 10.3. The number of benzene rings is 1. The van der Waals surface area contributed by atoms with Crippen LogP contribution in [0.4, 0.5) is 14.9 Å². The van der Waals surface area contributed by atoms with E-state index in [9.17, 15) is 34.0 Å². The van der Waals surface area contributed by atoms with Crippen LogP contribution in [0.5, 0.6) is 0 Å². The highest BCUT2D eigenvalue weighted by Crippen LogP contribution is 2.50. The van der Waals surface area contributed by atoms with Gasteiger partial charge in [-0.15, -0.1) is 23.1 Å². The molecule has 6 N–H and O–H groups in total. The van der Waals surface area contributed by atoms with E-state index in [1.54, 1.807) is 4.57 Å². The normalized spacial score (nSPS) is 21.1. The number of anilines is 1. The number of hydrazine groups is 2. The molecule has 1 aromatic carbocycles. The number of rotatable bonds is 20. The minimum atomic E-state index is -1.58. The first-order chi connectivity index (χ1) is 31.2. The van der Waals surface area contributed by atoms with Gasteiger partial charge in [-0.25, -0.2) is 24.3 Å². The predicted molar refractivity (Wildman–Crippen MR) is 242 cm³/mol. The number of fused-ring (bicyclic) bond motifs is 2. The minimum absolute atomic E-state index is 0.00568. The number of Topliss-reactive ketones (excluding diaryl/α,β-unsaturated/α-hetero) is 1. The van der Waals surface area contributed by atoms with Crippen molar-refractivity contribution in [3.8, 4) is 0 Å². The largest absolute Gasteiger partial charge is 0.755 e. The van der Waals surface area contributed by atoms with Crippen LogP contribution >= 0.6 is 34.7 Å². The van der Waals surface area contributed by atoms with Crippen LogP contribution in [0.2, 0.25) is 5.02 Å². The van der Waals surface area contributed by atoms with Crippen molar-refractivity contribution in [3.05, 3.63) is 77.8 Å².